The molecule has 0 saturated carbocycles. The maximum atomic E-state index is 5.98. The monoisotopic (exact) mass is 419 g/mol. The molecule has 1 unspecified atom stereocenters. The van der Waals surface area contributed by atoms with Crippen LogP contribution in [0, 0.1) is 5.92 Å². The molecule has 2 aromatic rings. The van der Waals surface area contributed by atoms with Crippen molar-refractivity contribution < 1.29 is 4.74 Å². The number of rotatable bonds is 8. The van der Waals surface area contributed by atoms with E-state index >= 15 is 0 Å². The van der Waals surface area contributed by atoms with Crippen molar-refractivity contribution in [2.45, 2.75) is 78.1 Å². The van der Waals surface area contributed by atoms with Gasteiger partial charge >= 0.3 is 0 Å². The maximum absolute atomic E-state index is 5.98. The van der Waals surface area contributed by atoms with Crippen molar-refractivity contribution in [3.8, 4) is 17.1 Å². The van der Waals surface area contributed by atoms with Gasteiger partial charge in [-0.2, -0.15) is 0 Å². The highest BCUT2D eigenvalue weighted by atomic mass is 16.5. The van der Waals surface area contributed by atoms with Gasteiger partial charge in [-0.15, -0.1) is 0 Å². The number of aliphatic imine (C=N–C) groups is 1. The van der Waals surface area contributed by atoms with Crippen LogP contribution in [0.1, 0.15) is 83.7 Å². The van der Waals surface area contributed by atoms with Crippen molar-refractivity contribution >= 4 is 11.8 Å². The predicted octanol–water partition coefficient (Wildman–Crippen LogP) is 7.68. The van der Waals surface area contributed by atoms with Crippen LogP contribution in [0.5, 0.6) is 5.75 Å². The molecule has 0 amide bonds. The van der Waals surface area contributed by atoms with Crippen LogP contribution >= 0.6 is 0 Å². The zero-order chi connectivity index (χ0) is 21.5. The molecule has 2 aliphatic rings. The fourth-order valence-corrected chi connectivity index (χ4v) is 4.84. The second kappa shape index (κ2) is 10.7. The van der Waals surface area contributed by atoms with Crippen LogP contribution in [0.25, 0.3) is 17.5 Å². The number of nitrogens with zero attached hydrogens (tertiary/aromatic N) is 1. The predicted molar refractivity (Wildman–Crippen MR) is 131 cm³/mol. The highest BCUT2D eigenvalue weighted by Crippen LogP contribution is 2.38. The van der Waals surface area contributed by atoms with E-state index in [0.29, 0.717) is 12.5 Å². The van der Waals surface area contributed by atoms with Crippen LogP contribution in [0.4, 0.5) is 0 Å². The van der Waals surface area contributed by atoms with Crippen molar-refractivity contribution in [1.29, 1.82) is 0 Å². The van der Waals surface area contributed by atoms with Gasteiger partial charge < -0.3 is 14.7 Å². The minimum absolute atomic E-state index is 0.616. The average molecular weight is 420 g/mol. The van der Waals surface area contributed by atoms with Crippen molar-refractivity contribution in [3.05, 3.63) is 47.4 Å². The van der Waals surface area contributed by atoms with Gasteiger partial charge in [-0.25, -0.2) is 0 Å². The number of hydrogen-bond acceptors (Lipinski definition) is 2. The molecule has 31 heavy (non-hydrogen) atoms. The molecule has 0 spiro atoms. The lowest BCUT2D eigenvalue weighted by Gasteiger charge is -2.19. The van der Waals surface area contributed by atoms with Crippen molar-refractivity contribution in [3.63, 3.8) is 0 Å². The van der Waals surface area contributed by atoms with E-state index in [2.05, 4.69) is 41.2 Å². The topological polar surface area (TPSA) is 53.2 Å². The highest BCUT2D eigenvalue weighted by molar-refractivity contribution is 6.00. The van der Waals surface area contributed by atoms with E-state index in [1.165, 1.54) is 69.1 Å². The Morgan fingerprint density at radius 1 is 1.13 bits per heavy atom. The van der Waals surface area contributed by atoms with Crippen molar-refractivity contribution in [2.24, 2.45) is 10.9 Å². The summed E-state index contributed by atoms with van der Waals surface area (Å²) < 4.78 is 5.98. The Morgan fingerprint density at radius 3 is 2.84 bits per heavy atom. The summed E-state index contributed by atoms with van der Waals surface area (Å²) in [4.78, 5) is 12.0. The summed E-state index contributed by atoms with van der Waals surface area (Å²) in [7, 11) is 0. The fraction of sp³-hybridized carbons (Fsp3) is 0.519. The number of ether oxygens (including phenoxy) is 1. The van der Waals surface area contributed by atoms with Gasteiger partial charge in [0.15, 0.2) is 0 Å². The molecular weight excluding hydrogens is 382 g/mol. The molecule has 2 aromatic heterocycles. The summed E-state index contributed by atoms with van der Waals surface area (Å²) in [6.07, 6.45) is 19.4. The van der Waals surface area contributed by atoms with E-state index in [9.17, 15) is 0 Å². The van der Waals surface area contributed by atoms with Crippen molar-refractivity contribution in [1.82, 2.24) is 9.97 Å². The van der Waals surface area contributed by atoms with Crippen LogP contribution in [0.3, 0.4) is 0 Å². The molecule has 1 aliphatic carbocycles. The Balaban J connectivity index is 1.67. The van der Waals surface area contributed by atoms with Gasteiger partial charge in [0, 0.05) is 18.0 Å². The fourth-order valence-electron chi connectivity index (χ4n) is 4.84. The van der Waals surface area contributed by atoms with E-state index in [1.807, 2.05) is 19.2 Å². The Kier molecular flexibility index (Phi) is 7.50. The summed E-state index contributed by atoms with van der Waals surface area (Å²) in [6, 6.07) is 6.19. The van der Waals surface area contributed by atoms with Gasteiger partial charge in [0.2, 0.25) is 0 Å². The number of unbranched alkanes of at least 4 members (excludes halogenated alkanes) is 2. The molecule has 3 heterocycles. The molecule has 2 bridgehead atoms. The normalized spacial score (nSPS) is 20.6. The second-order valence-electron chi connectivity index (χ2n) is 8.86. The highest BCUT2D eigenvalue weighted by Gasteiger charge is 2.24. The summed E-state index contributed by atoms with van der Waals surface area (Å²) in [5, 5.41) is 0. The lowest BCUT2D eigenvalue weighted by atomic mass is 9.85. The summed E-state index contributed by atoms with van der Waals surface area (Å²) >= 11 is 0. The van der Waals surface area contributed by atoms with Gasteiger partial charge in [-0.3, -0.25) is 4.99 Å². The third-order valence-electron chi connectivity index (χ3n) is 6.49. The van der Waals surface area contributed by atoms with Gasteiger partial charge in [0.1, 0.15) is 5.75 Å². The Bertz CT molecular complexity index is 930. The maximum Gasteiger partial charge on any atom is 0.144 e. The summed E-state index contributed by atoms with van der Waals surface area (Å²) in [5.41, 5.74) is 6.98. The largest absolute Gasteiger partial charge is 0.492 e. The summed E-state index contributed by atoms with van der Waals surface area (Å²) in [6.45, 7) is 4.97. The molecule has 1 atom stereocenters. The quantitative estimate of drug-likeness (QED) is 0.424. The minimum atomic E-state index is 0.616. The van der Waals surface area contributed by atoms with Crippen LogP contribution in [0.2, 0.25) is 0 Å². The first-order valence-electron chi connectivity index (χ1n) is 12.3. The number of aromatic amines is 2. The Morgan fingerprint density at radius 2 is 2.03 bits per heavy atom. The number of allylic oxidation sites excluding steroid dienone is 2. The first-order valence-corrected chi connectivity index (χ1v) is 12.3. The SMILES string of the molecule is CCCCCC1CCCCCCC2=NC(=Cc3[nH]c(-c4ccc[nH]4)cc3OCC)C1=C2. The number of aromatic nitrogens is 2. The van der Waals surface area contributed by atoms with E-state index < -0.39 is 0 Å². The van der Waals surface area contributed by atoms with Crippen LogP contribution < -0.4 is 4.74 Å². The van der Waals surface area contributed by atoms with Gasteiger partial charge in [-0.1, -0.05) is 45.4 Å². The standard InChI is InChI=1S/C27H37N3O/c1-3-5-8-12-20-13-9-6-7-10-14-21-17-22(20)24(29-21)18-26-27(31-4-2)19-25(30-26)23-15-11-16-28-23/h11,15-20,28,30H,3-10,12-14H2,1-2H3. The molecule has 0 aromatic carbocycles. The third-order valence-corrected chi connectivity index (χ3v) is 6.49. The van der Waals surface area contributed by atoms with Crippen molar-refractivity contribution in [2.75, 3.05) is 6.61 Å². The number of H-pyrrole nitrogens is 2. The number of fused-ring (bicyclic) bond motifs is 1. The Labute approximate surface area is 186 Å². The van der Waals surface area contributed by atoms with Crippen LogP contribution in [0.15, 0.2) is 46.7 Å². The molecule has 4 heteroatoms. The first-order chi connectivity index (χ1) is 15.3. The van der Waals surface area contributed by atoms with E-state index in [0.717, 1.165) is 34.9 Å². The molecule has 4 rings (SSSR count). The molecule has 2 N–H and O–H groups in total. The Hall–Kier alpha value is -2.49. The minimum Gasteiger partial charge on any atom is -0.492 e. The molecule has 0 fully saturated rings. The van der Waals surface area contributed by atoms with Crippen LogP contribution in [-0.2, 0) is 0 Å². The van der Waals surface area contributed by atoms with Gasteiger partial charge in [0.05, 0.1) is 29.4 Å². The second-order valence-corrected chi connectivity index (χ2v) is 8.86. The third kappa shape index (κ3) is 5.41. The molecule has 166 valence electrons. The van der Waals surface area contributed by atoms with Gasteiger partial charge in [0.25, 0.3) is 0 Å². The molecule has 1 aliphatic heterocycles. The van der Waals surface area contributed by atoms with E-state index in [-0.39, 0.29) is 0 Å². The molecule has 4 nitrogen and oxygen atoms in total. The number of hydrogen-bond donors (Lipinski definition) is 2. The van der Waals surface area contributed by atoms with Gasteiger partial charge in [-0.05, 0) is 68.4 Å². The average Bonchev–Trinajstić information content (AvgIpc) is 3.51. The van der Waals surface area contributed by atoms with E-state index in [1.54, 1.807) is 0 Å². The van der Waals surface area contributed by atoms with Crippen LogP contribution in [-0.4, -0.2) is 22.3 Å². The van der Waals surface area contributed by atoms with E-state index in [4.69, 9.17) is 9.73 Å². The first kappa shape index (κ1) is 21.7. The zero-order valence-electron chi connectivity index (χ0n) is 19.2. The zero-order valence-corrected chi connectivity index (χ0v) is 19.2. The summed E-state index contributed by atoms with van der Waals surface area (Å²) in [5.74, 6) is 1.51. The lowest BCUT2D eigenvalue weighted by molar-refractivity contribution is 0.340. The smallest absolute Gasteiger partial charge is 0.144 e. The molecule has 0 saturated heterocycles. The molecule has 0 radical (unpaired) electrons. The number of nitrogens with one attached hydrogen (secondary N) is 2. The lowest BCUT2D eigenvalue weighted by Crippen LogP contribution is -2.06. The molecular formula is C27H37N3O.